The molecule has 29 heavy (non-hydrogen) atoms. The monoisotopic (exact) mass is 401 g/mol. The molecule has 5 heteroatoms. The Morgan fingerprint density at radius 3 is 2.34 bits per heavy atom. The summed E-state index contributed by atoms with van der Waals surface area (Å²) in [4.78, 5) is 12.6. The third-order valence-corrected chi connectivity index (χ3v) is 6.48. The second-order valence-corrected chi connectivity index (χ2v) is 8.42. The molecule has 1 aromatic carbocycles. The van der Waals surface area contributed by atoms with Crippen molar-refractivity contribution in [2.75, 3.05) is 0 Å². The fourth-order valence-electron chi connectivity index (χ4n) is 4.69. The molecule has 0 amide bonds. The zero-order chi connectivity index (χ0) is 20.6. The lowest BCUT2D eigenvalue weighted by molar-refractivity contribution is -0.157. The molecule has 1 aromatic rings. The van der Waals surface area contributed by atoms with E-state index in [9.17, 15) is 13.6 Å². The normalized spacial score (nSPS) is 27.8. The number of carbonyl (C=O) groups excluding carboxylic acids is 1. The molecule has 0 atom stereocenters. The van der Waals surface area contributed by atoms with Gasteiger partial charge in [-0.3, -0.25) is 4.79 Å². The zero-order valence-electron chi connectivity index (χ0n) is 16.8. The van der Waals surface area contributed by atoms with Crippen molar-refractivity contribution in [3.63, 3.8) is 0 Å². The average molecular weight is 401 g/mol. The molecule has 0 N–H and O–H groups in total. The molecule has 0 saturated heterocycles. The number of hydrogen-bond donors (Lipinski definition) is 0. The number of esters is 1. The van der Waals surface area contributed by atoms with E-state index in [2.05, 4.69) is 0 Å². The van der Waals surface area contributed by atoms with Crippen molar-refractivity contribution in [2.45, 2.75) is 76.2 Å². The van der Waals surface area contributed by atoms with Crippen molar-refractivity contribution in [3.05, 3.63) is 47.5 Å². The predicted molar refractivity (Wildman–Crippen MR) is 107 cm³/mol. The van der Waals surface area contributed by atoms with Gasteiger partial charge in [0.05, 0.1) is 5.92 Å². The Morgan fingerprint density at radius 1 is 1.07 bits per heavy atom. The van der Waals surface area contributed by atoms with E-state index in [0.717, 1.165) is 63.4 Å². The number of rotatable bonds is 6. The maximum absolute atomic E-state index is 13.1. The second-order valence-electron chi connectivity index (χ2n) is 8.42. The minimum atomic E-state index is -0.707. The first-order chi connectivity index (χ1) is 14.0. The van der Waals surface area contributed by atoms with E-state index < -0.39 is 5.83 Å². The van der Waals surface area contributed by atoms with Gasteiger partial charge in [-0.15, -0.1) is 0 Å². The topological polar surface area (TPSA) is 50.1 Å². The molecule has 3 rings (SSSR count). The highest BCUT2D eigenvalue weighted by atomic mass is 19.1. The Hall–Kier alpha value is -2.22. The number of allylic oxidation sites excluding steroid dienone is 2. The number of nitrogens with zero attached hydrogens (tertiary/aromatic N) is 1. The van der Waals surface area contributed by atoms with E-state index in [1.807, 2.05) is 12.1 Å². The molecule has 0 aromatic heterocycles. The first kappa shape index (κ1) is 21.5. The quantitative estimate of drug-likeness (QED) is 0.412. The van der Waals surface area contributed by atoms with Crippen LogP contribution in [0, 0.1) is 29.0 Å². The molecule has 156 valence electrons. The predicted octanol–water partition coefficient (Wildman–Crippen LogP) is 6.36. The summed E-state index contributed by atoms with van der Waals surface area (Å²) in [6.45, 7) is 0. The average Bonchev–Trinajstić information content (AvgIpc) is 2.75. The third-order valence-electron chi connectivity index (χ3n) is 6.48. The first-order valence-corrected chi connectivity index (χ1v) is 10.8. The molecule has 2 fully saturated rings. The molecule has 2 aliphatic rings. The van der Waals surface area contributed by atoms with Gasteiger partial charge < -0.3 is 4.74 Å². The standard InChI is InChI=1S/C24H29F2NO2/c25-21-12-10-19(11-13-21)18-6-8-20(9-7-18)24(28)29-23-14-4-17(5-15-23)2-1-3-22(26)16-27/h3,10-13,17-18,20,23H,1-2,4-9,14-15H2. The second kappa shape index (κ2) is 10.5. The fraction of sp³-hybridized carbons (Fsp3) is 0.583. The summed E-state index contributed by atoms with van der Waals surface area (Å²) in [6.07, 6.45) is 10.0. The van der Waals surface area contributed by atoms with Crippen LogP contribution in [0.4, 0.5) is 8.78 Å². The minimum Gasteiger partial charge on any atom is -0.462 e. The number of halogens is 2. The Balaban J connectivity index is 1.36. The maximum Gasteiger partial charge on any atom is 0.309 e. The van der Waals surface area contributed by atoms with Crippen LogP contribution < -0.4 is 0 Å². The lowest BCUT2D eigenvalue weighted by Gasteiger charge is -2.31. The number of ether oxygens (including phenoxy) is 1. The summed E-state index contributed by atoms with van der Waals surface area (Å²) in [5.41, 5.74) is 1.15. The van der Waals surface area contributed by atoms with Gasteiger partial charge in [-0.2, -0.15) is 9.65 Å². The Labute approximate surface area is 171 Å². The fourth-order valence-corrected chi connectivity index (χ4v) is 4.69. The van der Waals surface area contributed by atoms with Crippen molar-refractivity contribution in [1.29, 1.82) is 5.26 Å². The highest BCUT2D eigenvalue weighted by molar-refractivity contribution is 5.72. The SMILES string of the molecule is N#CC(F)=CCCC1CCC(OC(=O)C2CCC(c3ccc(F)cc3)CC2)CC1. The Kier molecular flexibility index (Phi) is 7.80. The third kappa shape index (κ3) is 6.39. The van der Waals surface area contributed by atoms with Crippen LogP contribution in [-0.2, 0) is 9.53 Å². The lowest BCUT2D eigenvalue weighted by Crippen LogP contribution is -2.29. The molecule has 0 bridgehead atoms. The molecule has 3 nitrogen and oxygen atoms in total. The molecule has 0 heterocycles. The van der Waals surface area contributed by atoms with Crippen LogP contribution in [0.15, 0.2) is 36.2 Å². The van der Waals surface area contributed by atoms with E-state index >= 15 is 0 Å². The van der Waals surface area contributed by atoms with E-state index in [1.165, 1.54) is 24.3 Å². The van der Waals surface area contributed by atoms with E-state index in [-0.39, 0.29) is 23.8 Å². The van der Waals surface area contributed by atoms with Crippen LogP contribution in [0.25, 0.3) is 0 Å². The van der Waals surface area contributed by atoms with Crippen molar-refractivity contribution in [2.24, 2.45) is 11.8 Å². The van der Waals surface area contributed by atoms with Crippen molar-refractivity contribution in [3.8, 4) is 6.07 Å². The molecular formula is C24H29F2NO2. The van der Waals surface area contributed by atoms with E-state index in [4.69, 9.17) is 10.00 Å². The molecule has 0 unspecified atom stereocenters. The van der Waals surface area contributed by atoms with Crippen LogP contribution in [0.3, 0.4) is 0 Å². The van der Waals surface area contributed by atoms with Gasteiger partial charge in [0.2, 0.25) is 0 Å². The number of benzene rings is 1. The molecule has 0 spiro atoms. The van der Waals surface area contributed by atoms with Crippen LogP contribution in [-0.4, -0.2) is 12.1 Å². The van der Waals surface area contributed by atoms with Gasteiger partial charge in [0.15, 0.2) is 5.83 Å². The van der Waals surface area contributed by atoms with Gasteiger partial charge in [-0.25, -0.2) is 4.39 Å². The summed E-state index contributed by atoms with van der Waals surface area (Å²) < 4.78 is 31.7. The van der Waals surface area contributed by atoms with Crippen LogP contribution >= 0.6 is 0 Å². The smallest absolute Gasteiger partial charge is 0.309 e. The summed E-state index contributed by atoms with van der Waals surface area (Å²) in [5, 5.41) is 8.42. The van der Waals surface area contributed by atoms with Crippen molar-refractivity contribution < 1.29 is 18.3 Å². The Morgan fingerprint density at radius 2 is 1.72 bits per heavy atom. The van der Waals surface area contributed by atoms with Crippen molar-refractivity contribution >= 4 is 5.97 Å². The highest BCUT2D eigenvalue weighted by Crippen LogP contribution is 2.37. The number of carbonyl (C=O) groups is 1. The van der Waals surface area contributed by atoms with Crippen LogP contribution in [0.1, 0.15) is 75.7 Å². The van der Waals surface area contributed by atoms with Crippen LogP contribution in [0.2, 0.25) is 0 Å². The molecule has 2 saturated carbocycles. The van der Waals surface area contributed by atoms with Crippen molar-refractivity contribution in [1.82, 2.24) is 0 Å². The number of hydrogen-bond acceptors (Lipinski definition) is 3. The summed E-state index contributed by atoms with van der Waals surface area (Å²) in [5.74, 6) is -0.101. The largest absolute Gasteiger partial charge is 0.462 e. The lowest BCUT2D eigenvalue weighted by atomic mass is 9.78. The summed E-state index contributed by atoms with van der Waals surface area (Å²) in [6, 6.07) is 8.20. The number of nitriles is 1. The molecule has 0 aliphatic heterocycles. The molecule has 0 radical (unpaired) electrons. The van der Waals surface area contributed by atoms with E-state index in [0.29, 0.717) is 18.3 Å². The van der Waals surface area contributed by atoms with Gasteiger partial charge in [-0.05, 0) is 99.8 Å². The summed E-state index contributed by atoms with van der Waals surface area (Å²) >= 11 is 0. The zero-order valence-corrected chi connectivity index (χ0v) is 16.8. The van der Waals surface area contributed by atoms with Crippen LogP contribution in [0.5, 0.6) is 0 Å². The summed E-state index contributed by atoms with van der Waals surface area (Å²) in [7, 11) is 0. The van der Waals surface area contributed by atoms with Gasteiger partial charge >= 0.3 is 5.97 Å². The van der Waals surface area contributed by atoms with Gasteiger partial charge in [0, 0.05) is 0 Å². The van der Waals surface area contributed by atoms with Gasteiger partial charge in [-0.1, -0.05) is 12.1 Å². The first-order valence-electron chi connectivity index (χ1n) is 10.8. The molecule has 2 aliphatic carbocycles. The van der Waals surface area contributed by atoms with Gasteiger partial charge in [0.25, 0.3) is 0 Å². The molecular weight excluding hydrogens is 372 g/mol. The minimum absolute atomic E-state index is 0.0000382. The highest BCUT2D eigenvalue weighted by Gasteiger charge is 2.31. The van der Waals surface area contributed by atoms with E-state index in [1.54, 1.807) is 0 Å². The Bertz CT molecular complexity index is 737. The van der Waals surface area contributed by atoms with Gasteiger partial charge in [0.1, 0.15) is 18.0 Å². The maximum atomic E-state index is 13.1.